The van der Waals surface area contributed by atoms with Crippen LogP contribution in [0.3, 0.4) is 0 Å². The number of nitrogens with one attached hydrogen (secondary N) is 2. The Labute approximate surface area is 179 Å². The Morgan fingerprint density at radius 1 is 1.16 bits per heavy atom. The fourth-order valence-corrected chi connectivity index (χ4v) is 5.66. The minimum atomic E-state index is -0.962. The summed E-state index contributed by atoms with van der Waals surface area (Å²) in [7, 11) is 0. The van der Waals surface area contributed by atoms with Crippen LogP contribution in [0.2, 0.25) is 0 Å². The van der Waals surface area contributed by atoms with E-state index in [1.807, 2.05) is 6.07 Å². The van der Waals surface area contributed by atoms with Crippen molar-refractivity contribution in [3.63, 3.8) is 0 Å². The summed E-state index contributed by atoms with van der Waals surface area (Å²) in [6.45, 7) is 3.96. The molecule has 3 saturated heterocycles. The largest absolute Gasteiger partial charge is 0.396 e. The van der Waals surface area contributed by atoms with Gasteiger partial charge in [0.1, 0.15) is 6.04 Å². The Balaban J connectivity index is 1.40. The molecule has 3 atom stereocenters. The van der Waals surface area contributed by atoms with Crippen molar-refractivity contribution < 1.29 is 24.3 Å². The number of hydrogen-bond donors (Lipinski definition) is 3. The Kier molecular flexibility index (Phi) is 4.91. The number of amides is 4. The predicted octanol–water partition coefficient (Wildman–Crippen LogP) is -0.508. The van der Waals surface area contributed by atoms with Crippen molar-refractivity contribution in [1.82, 2.24) is 20.4 Å². The highest BCUT2D eigenvalue weighted by Crippen LogP contribution is 2.41. The lowest BCUT2D eigenvalue weighted by Gasteiger charge is -2.37. The number of nitrogens with zero attached hydrogens (tertiary/aromatic N) is 2. The maximum atomic E-state index is 13.3. The van der Waals surface area contributed by atoms with E-state index < -0.39 is 23.8 Å². The second-order valence-corrected chi connectivity index (χ2v) is 9.13. The van der Waals surface area contributed by atoms with Gasteiger partial charge in [0.2, 0.25) is 11.8 Å². The Hall–Kier alpha value is -2.62. The molecule has 4 aliphatic heterocycles. The van der Waals surface area contributed by atoms with Crippen LogP contribution >= 0.6 is 0 Å². The smallest absolute Gasteiger partial charge is 0.262 e. The minimum absolute atomic E-state index is 0.100. The highest BCUT2D eigenvalue weighted by molar-refractivity contribution is 6.24. The third-order valence-electron chi connectivity index (χ3n) is 7.34. The van der Waals surface area contributed by atoms with Gasteiger partial charge in [-0.1, -0.05) is 12.1 Å². The summed E-state index contributed by atoms with van der Waals surface area (Å²) in [5, 5.41) is 15.7. The van der Waals surface area contributed by atoms with Gasteiger partial charge in [-0.25, -0.2) is 0 Å². The first-order valence-corrected chi connectivity index (χ1v) is 10.8. The zero-order valence-electron chi connectivity index (χ0n) is 17.2. The third kappa shape index (κ3) is 3.19. The molecule has 1 aromatic rings. The molecule has 3 unspecified atom stereocenters. The van der Waals surface area contributed by atoms with Crippen molar-refractivity contribution in [2.75, 3.05) is 32.8 Å². The van der Waals surface area contributed by atoms with E-state index in [1.165, 1.54) is 0 Å². The summed E-state index contributed by atoms with van der Waals surface area (Å²) >= 11 is 0. The Morgan fingerprint density at radius 3 is 2.74 bits per heavy atom. The molecule has 1 aromatic carbocycles. The van der Waals surface area contributed by atoms with Crippen LogP contribution in [0, 0.1) is 11.3 Å². The number of hydrogen-bond acceptors (Lipinski definition) is 7. The highest BCUT2D eigenvalue weighted by atomic mass is 16.3. The van der Waals surface area contributed by atoms with E-state index in [0.717, 1.165) is 43.1 Å². The molecule has 0 saturated carbocycles. The molecular weight excluding hydrogens is 400 g/mol. The maximum Gasteiger partial charge on any atom is 0.262 e. The number of fused-ring (bicyclic) bond motifs is 2. The molecule has 9 heteroatoms. The average molecular weight is 426 g/mol. The third-order valence-corrected chi connectivity index (χ3v) is 7.34. The Bertz CT molecular complexity index is 979. The molecule has 31 heavy (non-hydrogen) atoms. The van der Waals surface area contributed by atoms with E-state index in [-0.39, 0.29) is 30.8 Å². The van der Waals surface area contributed by atoms with Crippen LogP contribution in [0.4, 0.5) is 0 Å². The standard InChI is InChI=1S/C22H26N4O5/c27-12-22-6-7-23-8-14(22)10-25(11-22)9-13-2-1-3-15-18(13)21(31)26(20(15)30)16-4-5-17(28)24-19(16)29/h1-3,14,16,23,27H,4-12H2,(H,24,28,29). The highest BCUT2D eigenvalue weighted by Gasteiger charge is 2.48. The number of rotatable bonds is 4. The quantitative estimate of drug-likeness (QED) is 0.555. The van der Waals surface area contributed by atoms with Crippen molar-refractivity contribution >= 4 is 23.6 Å². The summed E-state index contributed by atoms with van der Waals surface area (Å²) in [6, 6.07) is 4.27. The van der Waals surface area contributed by atoms with Crippen molar-refractivity contribution in [3.8, 4) is 0 Å². The number of likely N-dealkylation sites (tertiary alicyclic amines) is 1. The Morgan fingerprint density at radius 2 is 2.00 bits per heavy atom. The van der Waals surface area contributed by atoms with Crippen molar-refractivity contribution in [3.05, 3.63) is 34.9 Å². The van der Waals surface area contributed by atoms with Crippen LogP contribution in [0.5, 0.6) is 0 Å². The van der Waals surface area contributed by atoms with Gasteiger partial charge in [0.05, 0.1) is 17.7 Å². The summed E-state index contributed by atoms with van der Waals surface area (Å²) in [6.07, 6.45) is 1.16. The predicted molar refractivity (Wildman–Crippen MR) is 109 cm³/mol. The zero-order chi connectivity index (χ0) is 21.8. The SMILES string of the molecule is O=C1CCC(N2C(=O)c3cccc(CN4CC5CNCCC5(CO)C4)c3C2=O)C(=O)N1. The van der Waals surface area contributed by atoms with Gasteiger partial charge in [0.15, 0.2) is 0 Å². The monoisotopic (exact) mass is 426 g/mol. The van der Waals surface area contributed by atoms with Crippen molar-refractivity contribution in [1.29, 1.82) is 0 Å². The van der Waals surface area contributed by atoms with Gasteiger partial charge < -0.3 is 10.4 Å². The van der Waals surface area contributed by atoms with Crippen LogP contribution in [0.15, 0.2) is 18.2 Å². The lowest BCUT2D eigenvalue weighted by molar-refractivity contribution is -0.136. The number of benzene rings is 1. The fraction of sp³-hybridized carbons (Fsp3) is 0.545. The molecule has 3 fully saturated rings. The number of piperidine rings is 2. The van der Waals surface area contributed by atoms with Gasteiger partial charge in [-0.05, 0) is 43.5 Å². The van der Waals surface area contributed by atoms with E-state index in [1.54, 1.807) is 12.1 Å². The first-order chi connectivity index (χ1) is 14.9. The number of imide groups is 2. The van der Waals surface area contributed by atoms with E-state index in [2.05, 4.69) is 15.5 Å². The molecule has 0 aliphatic carbocycles. The second-order valence-electron chi connectivity index (χ2n) is 9.13. The van der Waals surface area contributed by atoms with Crippen molar-refractivity contribution in [2.24, 2.45) is 11.3 Å². The van der Waals surface area contributed by atoms with Gasteiger partial charge in [-0.15, -0.1) is 0 Å². The number of carbonyl (C=O) groups is 4. The molecule has 0 bridgehead atoms. The van der Waals surface area contributed by atoms with E-state index >= 15 is 0 Å². The summed E-state index contributed by atoms with van der Waals surface area (Å²) in [5.41, 5.74) is 1.29. The first-order valence-electron chi connectivity index (χ1n) is 10.8. The lowest BCUT2D eigenvalue weighted by Crippen LogP contribution is -2.54. The topological polar surface area (TPSA) is 119 Å². The number of aliphatic hydroxyl groups excluding tert-OH is 1. The van der Waals surface area contributed by atoms with Gasteiger partial charge >= 0.3 is 0 Å². The van der Waals surface area contributed by atoms with Crippen LogP contribution in [0.25, 0.3) is 0 Å². The first kappa shape index (κ1) is 20.3. The van der Waals surface area contributed by atoms with Crippen LogP contribution < -0.4 is 10.6 Å². The van der Waals surface area contributed by atoms with Crippen molar-refractivity contribution in [2.45, 2.75) is 31.8 Å². The minimum Gasteiger partial charge on any atom is -0.396 e. The van der Waals surface area contributed by atoms with Crippen LogP contribution in [-0.4, -0.2) is 77.4 Å². The van der Waals surface area contributed by atoms with Gasteiger partial charge in [-0.3, -0.25) is 34.3 Å². The lowest BCUT2D eigenvalue weighted by atomic mass is 9.74. The van der Waals surface area contributed by atoms with Gasteiger partial charge in [0.25, 0.3) is 11.8 Å². The van der Waals surface area contributed by atoms with Crippen LogP contribution in [-0.2, 0) is 16.1 Å². The molecule has 164 valence electrons. The van der Waals surface area contributed by atoms with E-state index in [9.17, 15) is 24.3 Å². The summed E-state index contributed by atoms with van der Waals surface area (Å²) < 4.78 is 0. The maximum absolute atomic E-state index is 13.3. The molecule has 4 heterocycles. The van der Waals surface area contributed by atoms with Gasteiger partial charge in [0, 0.05) is 31.5 Å². The summed E-state index contributed by atoms with van der Waals surface area (Å²) in [4.78, 5) is 53.3. The molecule has 4 aliphatic rings. The number of carbonyl (C=O) groups excluding carboxylic acids is 4. The molecule has 9 nitrogen and oxygen atoms in total. The van der Waals surface area contributed by atoms with E-state index in [4.69, 9.17) is 0 Å². The van der Waals surface area contributed by atoms with Crippen LogP contribution in [0.1, 0.15) is 45.5 Å². The molecule has 5 rings (SSSR count). The normalized spacial score (nSPS) is 31.1. The average Bonchev–Trinajstić information content (AvgIpc) is 3.24. The molecular formula is C22H26N4O5. The molecule has 0 spiro atoms. The molecule has 0 radical (unpaired) electrons. The second kappa shape index (κ2) is 7.51. The van der Waals surface area contributed by atoms with E-state index in [0.29, 0.717) is 23.6 Å². The number of aliphatic hydroxyl groups is 1. The zero-order valence-corrected chi connectivity index (χ0v) is 17.2. The fourth-order valence-electron chi connectivity index (χ4n) is 5.66. The summed E-state index contributed by atoms with van der Waals surface area (Å²) in [5.74, 6) is -1.60. The van der Waals surface area contributed by atoms with Gasteiger partial charge in [-0.2, -0.15) is 0 Å². The molecule has 4 amide bonds. The molecule has 3 N–H and O–H groups in total. The molecule has 0 aromatic heterocycles.